The van der Waals surface area contributed by atoms with Gasteiger partial charge in [0.1, 0.15) is 0 Å². The summed E-state index contributed by atoms with van der Waals surface area (Å²) in [7, 11) is 0. The zero-order chi connectivity index (χ0) is 10.1. The number of halogens is 2. The average molecular weight is 196 g/mol. The van der Waals surface area contributed by atoms with Crippen molar-refractivity contribution >= 4 is 5.78 Å². The summed E-state index contributed by atoms with van der Waals surface area (Å²) in [6.07, 6.45) is -0.879. The van der Waals surface area contributed by atoms with Crippen LogP contribution in [0.5, 0.6) is 0 Å². The van der Waals surface area contributed by atoms with Gasteiger partial charge < -0.3 is 0 Å². The topological polar surface area (TPSA) is 17.1 Å². The minimum Gasteiger partial charge on any atom is -0.288 e. The van der Waals surface area contributed by atoms with Gasteiger partial charge in [-0.05, 0) is 24.3 Å². The van der Waals surface area contributed by atoms with E-state index < -0.39 is 12.2 Å². The van der Waals surface area contributed by atoms with Crippen LogP contribution < -0.4 is 0 Å². The molecule has 0 unspecified atom stereocenters. The molecule has 0 bridgehead atoms. The number of Topliss-reactive ketones (excluding diaryl/α,β-unsaturated/α-hetero) is 1. The van der Waals surface area contributed by atoms with Crippen molar-refractivity contribution in [2.75, 3.05) is 0 Å². The van der Waals surface area contributed by atoms with E-state index >= 15 is 0 Å². The van der Waals surface area contributed by atoms with Gasteiger partial charge in [-0.15, -0.1) is 0 Å². The SMILES string of the molecule is O=C(c1ccccc1C1CC1)C(F)F. The molecule has 3 heteroatoms. The van der Waals surface area contributed by atoms with E-state index in [2.05, 4.69) is 0 Å². The number of hydrogen-bond acceptors (Lipinski definition) is 1. The van der Waals surface area contributed by atoms with Gasteiger partial charge in [0.15, 0.2) is 0 Å². The van der Waals surface area contributed by atoms with Crippen LogP contribution in [0.15, 0.2) is 24.3 Å². The third-order valence-corrected chi connectivity index (χ3v) is 2.44. The van der Waals surface area contributed by atoms with Crippen LogP contribution in [0.2, 0.25) is 0 Å². The normalized spacial score (nSPS) is 15.9. The van der Waals surface area contributed by atoms with Crippen LogP contribution in [0.4, 0.5) is 8.78 Å². The maximum Gasteiger partial charge on any atom is 0.300 e. The van der Waals surface area contributed by atoms with Crippen molar-refractivity contribution in [2.24, 2.45) is 0 Å². The molecule has 0 radical (unpaired) electrons. The lowest BCUT2D eigenvalue weighted by Crippen LogP contribution is -2.12. The highest BCUT2D eigenvalue weighted by Crippen LogP contribution is 2.41. The summed E-state index contributed by atoms with van der Waals surface area (Å²) in [5.41, 5.74) is 0.989. The molecular weight excluding hydrogens is 186 g/mol. The molecule has 0 heterocycles. The molecule has 1 aliphatic carbocycles. The van der Waals surface area contributed by atoms with Crippen LogP contribution in [0.1, 0.15) is 34.7 Å². The fraction of sp³-hybridized carbons (Fsp3) is 0.364. The Balaban J connectivity index is 2.36. The molecule has 0 amide bonds. The first-order chi connectivity index (χ1) is 6.70. The van der Waals surface area contributed by atoms with Crippen molar-refractivity contribution in [3.8, 4) is 0 Å². The lowest BCUT2D eigenvalue weighted by molar-refractivity contribution is 0.0677. The first kappa shape index (κ1) is 9.31. The fourth-order valence-corrected chi connectivity index (χ4v) is 1.59. The molecule has 0 aromatic heterocycles. The van der Waals surface area contributed by atoms with Crippen LogP contribution >= 0.6 is 0 Å². The highest BCUT2D eigenvalue weighted by Gasteiger charge is 2.29. The van der Waals surface area contributed by atoms with E-state index in [4.69, 9.17) is 0 Å². The van der Waals surface area contributed by atoms with Gasteiger partial charge in [0.2, 0.25) is 5.78 Å². The summed E-state index contributed by atoms with van der Waals surface area (Å²) in [5.74, 6) is -0.721. The highest BCUT2D eigenvalue weighted by atomic mass is 19.3. The number of rotatable bonds is 3. The maximum atomic E-state index is 12.2. The zero-order valence-electron chi connectivity index (χ0n) is 7.54. The largest absolute Gasteiger partial charge is 0.300 e. The molecule has 14 heavy (non-hydrogen) atoms. The Morgan fingerprint density at radius 2 is 1.93 bits per heavy atom. The second kappa shape index (κ2) is 3.48. The van der Waals surface area contributed by atoms with E-state index in [0.717, 1.165) is 18.4 Å². The molecule has 1 saturated carbocycles. The number of ketones is 1. The fourth-order valence-electron chi connectivity index (χ4n) is 1.59. The summed E-state index contributed by atoms with van der Waals surface area (Å²) in [4.78, 5) is 11.1. The Labute approximate surface area is 80.7 Å². The van der Waals surface area contributed by atoms with Gasteiger partial charge in [0.25, 0.3) is 0 Å². The highest BCUT2D eigenvalue weighted by molar-refractivity contribution is 6.00. The van der Waals surface area contributed by atoms with Gasteiger partial charge in [0.05, 0.1) is 0 Å². The maximum absolute atomic E-state index is 12.2. The molecule has 0 N–H and O–H groups in total. The van der Waals surface area contributed by atoms with Crippen molar-refractivity contribution in [1.29, 1.82) is 0 Å². The molecule has 1 aliphatic rings. The average Bonchev–Trinajstić information content (AvgIpc) is 3.00. The molecule has 2 rings (SSSR count). The predicted octanol–water partition coefficient (Wildman–Crippen LogP) is 3.01. The van der Waals surface area contributed by atoms with E-state index in [0.29, 0.717) is 5.92 Å². The number of alkyl halides is 2. The third-order valence-electron chi connectivity index (χ3n) is 2.44. The number of carbonyl (C=O) groups excluding carboxylic acids is 1. The van der Waals surface area contributed by atoms with E-state index in [1.807, 2.05) is 0 Å². The summed E-state index contributed by atoms with van der Waals surface area (Å²) < 4.78 is 24.5. The summed E-state index contributed by atoms with van der Waals surface area (Å²) >= 11 is 0. The van der Waals surface area contributed by atoms with Crippen molar-refractivity contribution in [1.82, 2.24) is 0 Å². The zero-order valence-corrected chi connectivity index (χ0v) is 7.54. The Bertz CT molecular complexity index is 356. The Morgan fingerprint density at radius 1 is 1.29 bits per heavy atom. The predicted molar refractivity (Wildman–Crippen MR) is 48.8 cm³/mol. The van der Waals surface area contributed by atoms with Crippen molar-refractivity contribution in [3.05, 3.63) is 35.4 Å². The molecule has 1 nitrogen and oxygen atoms in total. The second-order valence-electron chi connectivity index (χ2n) is 3.53. The number of benzene rings is 1. The standard InChI is InChI=1S/C11H10F2O/c12-11(13)10(14)9-4-2-1-3-8(9)7-5-6-7/h1-4,7,11H,5-6H2. The van der Waals surface area contributed by atoms with Crippen molar-refractivity contribution in [3.63, 3.8) is 0 Å². The summed E-state index contributed by atoms with van der Waals surface area (Å²) in [6, 6.07) is 6.67. The van der Waals surface area contributed by atoms with Crippen LogP contribution in [0.25, 0.3) is 0 Å². The van der Waals surface area contributed by atoms with Crippen LogP contribution in [-0.2, 0) is 0 Å². The van der Waals surface area contributed by atoms with Gasteiger partial charge >= 0.3 is 6.43 Å². The third kappa shape index (κ3) is 1.67. The van der Waals surface area contributed by atoms with Crippen molar-refractivity contribution < 1.29 is 13.6 Å². The Hall–Kier alpha value is -1.25. The molecule has 0 atom stereocenters. The molecule has 1 fully saturated rings. The van der Waals surface area contributed by atoms with Gasteiger partial charge in [-0.25, -0.2) is 8.78 Å². The van der Waals surface area contributed by atoms with Gasteiger partial charge in [0, 0.05) is 5.56 Å². The van der Waals surface area contributed by atoms with E-state index in [-0.39, 0.29) is 5.56 Å². The lowest BCUT2D eigenvalue weighted by Gasteiger charge is -2.06. The Kier molecular flexibility index (Phi) is 2.32. The molecule has 1 aromatic rings. The van der Waals surface area contributed by atoms with Gasteiger partial charge in [-0.3, -0.25) is 4.79 Å². The monoisotopic (exact) mass is 196 g/mol. The van der Waals surface area contributed by atoms with Crippen LogP contribution in [-0.4, -0.2) is 12.2 Å². The lowest BCUT2D eigenvalue weighted by atomic mass is 10.0. The minimum absolute atomic E-state index is 0.199. The quantitative estimate of drug-likeness (QED) is 0.679. The smallest absolute Gasteiger partial charge is 0.288 e. The molecule has 74 valence electrons. The van der Waals surface area contributed by atoms with Crippen LogP contribution in [0, 0.1) is 0 Å². The molecule has 1 aromatic carbocycles. The molecule has 0 spiro atoms. The first-order valence-corrected chi connectivity index (χ1v) is 4.61. The summed E-state index contributed by atoms with van der Waals surface area (Å²) in [6.45, 7) is 0. The van der Waals surface area contributed by atoms with E-state index in [9.17, 15) is 13.6 Å². The van der Waals surface area contributed by atoms with Crippen LogP contribution in [0.3, 0.4) is 0 Å². The Morgan fingerprint density at radius 3 is 2.50 bits per heavy atom. The first-order valence-electron chi connectivity index (χ1n) is 4.61. The number of carbonyl (C=O) groups is 1. The van der Waals surface area contributed by atoms with Crippen molar-refractivity contribution in [2.45, 2.75) is 25.2 Å². The van der Waals surface area contributed by atoms with Gasteiger partial charge in [-0.1, -0.05) is 24.3 Å². The second-order valence-corrected chi connectivity index (χ2v) is 3.53. The molecular formula is C11H10F2O. The van der Waals surface area contributed by atoms with E-state index in [1.54, 1.807) is 18.2 Å². The molecule has 0 aliphatic heterocycles. The number of hydrogen-bond donors (Lipinski definition) is 0. The summed E-state index contributed by atoms with van der Waals surface area (Å²) in [5, 5.41) is 0. The van der Waals surface area contributed by atoms with Gasteiger partial charge in [-0.2, -0.15) is 0 Å². The van der Waals surface area contributed by atoms with E-state index in [1.165, 1.54) is 6.07 Å². The minimum atomic E-state index is -2.89. The molecule has 0 saturated heterocycles.